The van der Waals surface area contributed by atoms with Crippen molar-refractivity contribution in [3.63, 3.8) is 0 Å². The number of aliphatic carboxylic acids is 1. The van der Waals surface area contributed by atoms with Gasteiger partial charge >= 0.3 is 5.97 Å². The van der Waals surface area contributed by atoms with Crippen molar-refractivity contribution < 1.29 is 9.90 Å². The number of carboxylic acid groups (broad SMARTS) is 1. The number of benzene rings is 1. The number of rotatable bonds is 3. The number of carboxylic acids is 1. The van der Waals surface area contributed by atoms with Crippen LogP contribution in [0.15, 0.2) is 23.1 Å². The van der Waals surface area contributed by atoms with Crippen LogP contribution in [-0.2, 0) is 10.2 Å². The van der Waals surface area contributed by atoms with Crippen LogP contribution >= 0.6 is 11.8 Å². The Balaban J connectivity index is 2.43. The van der Waals surface area contributed by atoms with Gasteiger partial charge in [-0.1, -0.05) is 12.5 Å². The lowest BCUT2D eigenvalue weighted by Gasteiger charge is -2.38. The maximum absolute atomic E-state index is 11.4. The zero-order chi connectivity index (χ0) is 11.8. The van der Waals surface area contributed by atoms with Crippen molar-refractivity contribution in [2.45, 2.75) is 29.6 Å². The summed E-state index contributed by atoms with van der Waals surface area (Å²) in [6, 6.07) is 5.58. The highest BCUT2D eigenvalue weighted by Crippen LogP contribution is 2.45. The largest absolute Gasteiger partial charge is 0.481 e. The van der Waals surface area contributed by atoms with Crippen molar-refractivity contribution >= 4 is 23.4 Å². The molecule has 3 N–H and O–H groups in total. The molecular weight excluding hydrogens is 222 g/mol. The molecule has 1 aliphatic carbocycles. The van der Waals surface area contributed by atoms with Crippen molar-refractivity contribution in [1.29, 1.82) is 0 Å². The van der Waals surface area contributed by atoms with Gasteiger partial charge in [-0.15, -0.1) is 11.8 Å². The molecule has 86 valence electrons. The van der Waals surface area contributed by atoms with E-state index in [0.29, 0.717) is 0 Å². The van der Waals surface area contributed by atoms with Crippen molar-refractivity contribution in [1.82, 2.24) is 0 Å². The molecule has 2 rings (SSSR count). The van der Waals surface area contributed by atoms with Crippen LogP contribution in [0.4, 0.5) is 5.69 Å². The maximum atomic E-state index is 11.4. The Morgan fingerprint density at radius 1 is 1.50 bits per heavy atom. The Morgan fingerprint density at radius 2 is 2.19 bits per heavy atom. The summed E-state index contributed by atoms with van der Waals surface area (Å²) in [5.74, 6) is -0.712. The Labute approximate surface area is 99.0 Å². The van der Waals surface area contributed by atoms with Gasteiger partial charge in [0, 0.05) is 10.6 Å². The second kappa shape index (κ2) is 4.01. The molecule has 1 saturated carbocycles. The predicted molar refractivity (Wildman–Crippen MR) is 65.8 cm³/mol. The van der Waals surface area contributed by atoms with Crippen molar-refractivity contribution in [2.24, 2.45) is 0 Å². The van der Waals surface area contributed by atoms with Gasteiger partial charge in [0.05, 0.1) is 5.41 Å². The minimum atomic E-state index is -0.712. The molecule has 3 nitrogen and oxygen atoms in total. The number of carbonyl (C=O) groups is 1. The molecule has 0 radical (unpaired) electrons. The summed E-state index contributed by atoms with van der Waals surface area (Å²) in [6.45, 7) is 0. The number of hydrogen-bond acceptors (Lipinski definition) is 3. The Kier molecular flexibility index (Phi) is 2.84. The van der Waals surface area contributed by atoms with Crippen LogP contribution < -0.4 is 5.73 Å². The molecule has 1 fully saturated rings. The molecule has 0 aliphatic heterocycles. The second-order valence-electron chi connectivity index (χ2n) is 4.20. The SMILES string of the molecule is CSc1cc(C2(C(=O)O)CCC2)ccc1N. The van der Waals surface area contributed by atoms with E-state index in [0.717, 1.165) is 35.4 Å². The van der Waals surface area contributed by atoms with Crippen molar-refractivity contribution in [3.8, 4) is 0 Å². The summed E-state index contributed by atoms with van der Waals surface area (Å²) in [7, 11) is 0. The summed E-state index contributed by atoms with van der Waals surface area (Å²) < 4.78 is 0. The average Bonchev–Trinajstić information content (AvgIpc) is 2.18. The normalized spacial score (nSPS) is 17.8. The van der Waals surface area contributed by atoms with E-state index in [4.69, 9.17) is 5.73 Å². The van der Waals surface area contributed by atoms with E-state index in [1.165, 1.54) is 0 Å². The first-order valence-corrected chi connectivity index (χ1v) is 6.50. The Bertz CT molecular complexity index is 427. The molecule has 4 heteroatoms. The number of nitrogen functional groups attached to an aromatic ring is 1. The lowest BCUT2D eigenvalue weighted by Crippen LogP contribution is -2.42. The van der Waals surface area contributed by atoms with E-state index in [9.17, 15) is 9.90 Å². The molecule has 0 heterocycles. The van der Waals surface area contributed by atoms with Gasteiger partial charge in [0.25, 0.3) is 0 Å². The minimum absolute atomic E-state index is 0.655. The lowest BCUT2D eigenvalue weighted by atomic mass is 9.64. The zero-order valence-electron chi connectivity index (χ0n) is 9.19. The van der Waals surface area contributed by atoms with Crippen LogP contribution in [0.25, 0.3) is 0 Å². The third-order valence-corrected chi connectivity index (χ3v) is 4.20. The molecule has 16 heavy (non-hydrogen) atoms. The molecule has 1 aromatic carbocycles. The van der Waals surface area contributed by atoms with Crippen LogP contribution in [0.1, 0.15) is 24.8 Å². The van der Waals surface area contributed by atoms with E-state index in [1.807, 2.05) is 24.5 Å². The minimum Gasteiger partial charge on any atom is -0.481 e. The summed E-state index contributed by atoms with van der Waals surface area (Å²) in [5.41, 5.74) is 6.77. The van der Waals surface area contributed by atoms with Crippen LogP contribution in [0.5, 0.6) is 0 Å². The first-order valence-electron chi connectivity index (χ1n) is 5.27. The van der Waals surface area contributed by atoms with E-state index in [2.05, 4.69) is 0 Å². The number of thioether (sulfide) groups is 1. The fourth-order valence-corrected chi connectivity index (χ4v) is 2.71. The second-order valence-corrected chi connectivity index (χ2v) is 5.05. The van der Waals surface area contributed by atoms with Crippen molar-refractivity contribution in [3.05, 3.63) is 23.8 Å². The molecule has 0 unspecified atom stereocenters. The molecule has 0 saturated heterocycles. The summed E-state index contributed by atoms with van der Waals surface area (Å²) in [4.78, 5) is 12.3. The highest BCUT2D eigenvalue weighted by molar-refractivity contribution is 7.98. The zero-order valence-corrected chi connectivity index (χ0v) is 10.0. The van der Waals surface area contributed by atoms with Gasteiger partial charge in [0.1, 0.15) is 0 Å². The summed E-state index contributed by atoms with van der Waals surface area (Å²) in [6.07, 6.45) is 4.41. The van der Waals surface area contributed by atoms with Gasteiger partial charge in [-0.3, -0.25) is 4.79 Å². The van der Waals surface area contributed by atoms with E-state index < -0.39 is 11.4 Å². The standard InChI is InChI=1S/C12H15NO2S/c1-16-10-7-8(3-4-9(10)13)12(11(14)15)5-2-6-12/h3-4,7H,2,5-6,13H2,1H3,(H,14,15). The fraction of sp³-hybridized carbons (Fsp3) is 0.417. The van der Waals surface area contributed by atoms with E-state index in [-0.39, 0.29) is 0 Å². The summed E-state index contributed by atoms with van der Waals surface area (Å²) in [5, 5.41) is 9.33. The number of nitrogens with two attached hydrogens (primary N) is 1. The predicted octanol–water partition coefficient (Wildman–Crippen LogP) is 2.50. The average molecular weight is 237 g/mol. The van der Waals surface area contributed by atoms with Crippen molar-refractivity contribution in [2.75, 3.05) is 12.0 Å². The number of hydrogen-bond donors (Lipinski definition) is 2. The molecule has 1 aliphatic rings. The monoisotopic (exact) mass is 237 g/mol. The highest BCUT2D eigenvalue weighted by Gasteiger charge is 2.45. The lowest BCUT2D eigenvalue weighted by molar-refractivity contribution is -0.147. The third kappa shape index (κ3) is 1.57. The molecule has 0 aromatic heterocycles. The first-order chi connectivity index (χ1) is 7.60. The number of anilines is 1. The van der Waals surface area contributed by atoms with Crippen LogP contribution in [0, 0.1) is 0 Å². The smallest absolute Gasteiger partial charge is 0.314 e. The summed E-state index contributed by atoms with van der Waals surface area (Å²) >= 11 is 1.55. The van der Waals surface area contributed by atoms with Gasteiger partial charge in [-0.2, -0.15) is 0 Å². The Morgan fingerprint density at radius 3 is 2.62 bits per heavy atom. The topological polar surface area (TPSA) is 63.3 Å². The maximum Gasteiger partial charge on any atom is 0.314 e. The van der Waals surface area contributed by atoms with Gasteiger partial charge in [0.2, 0.25) is 0 Å². The first kappa shape index (κ1) is 11.3. The Hall–Kier alpha value is -1.16. The highest BCUT2D eigenvalue weighted by atomic mass is 32.2. The van der Waals surface area contributed by atoms with Gasteiger partial charge in [-0.25, -0.2) is 0 Å². The van der Waals surface area contributed by atoms with Crippen LogP contribution in [0.2, 0.25) is 0 Å². The quantitative estimate of drug-likeness (QED) is 0.626. The van der Waals surface area contributed by atoms with E-state index >= 15 is 0 Å². The third-order valence-electron chi connectivity index (χ3n) is 3.40. The molecule has 0 spiro atoms. The van der Waals surface area contributed by atoms with E-state index in [1.54, 1.807) is 11.8 Å². The fourth-order valence-electron chi connectivity index (χ4n) is 2.17. The van der Waals surface area contributed by atoms with Gasteiger partial charge < -0.3 is 10.8 Å². The molecule has 0 atom stereocenters. The van der Waals surface area contributed by atoms with Crippen LogP contribution in [0.3, 0.4) is 0 Å². The molecule has 0 amide bonds. The van der Waals surface area contributed by atoms with Gasteiger partial charge in [-0.05, 0) is 36.8 Å². The van der Waals surface area contributed by atoms with Crippen LogP contribution in [-0.4, -0.2) is 17.3 Å². The molecular formula is C12H15NO2S. The molecule has 0 bridgehead atoms. The van der Waals surface area contributed by atoms with Gasteiger partial charge in [0.15, 0.2) is 0 Å². The molecule has 1 aromatic rings.